The van der Waals surface area contributed by atoms with Crippen molar-refractivity contribution in [3.05, 3.63) is 77.9 Å². The number of nitrogens with one attached hydrogen (secondary N) is 2. The number of aromatic nitrogens is 7. The topological polar surface area (TPSA) is 115 Å². The van der Waals surface area contributed by atoms with Crippen molar-refractivity contribution in [1.29, 1.82) is 0 Å². The minimum Gasteiger partial charge on any atom is -0.496 e. The van der Waals surface area contributed by atoms with Crippen molar-refractivity contribution in [3.63, 3.8) is 0 Å². The molecule has 0 bridgehead atoms. The molecule has 4 aromatic heterocycles. The van der Waals surface area contributed by atoms with Crippen LogP contribution in [0, 0.1) is 0 Å². The second-order valence-electron chi connectivity index (χ2n) is 7.21. The third-order valence-electron chi connectivity index (χ3n) is 5.28. The average molecular weight is 463 g/mol. The summed E-state index contributed by atoms with van der Waals surface area (Å²) in [5, 5.41) is 14.8. The Labute approximate surface area is 193 Å². The number of amides is 1. The number of carbonyl (C=O) groups is 1. The monoisotopic (exact) mass is 462 g/mol. The molecule has 0 unspecified atom stereocenters. The lowest BCUT2D eigenvalue weighted by Crippen LogP contribution is -2.12. The summed E-state index contributed by atoms with van der Waals surface area (Å²) in [4.78, 5) is 21.4. The molecular weight excluding hydrogens is 444 g/mol. The summed E-state index contributed by atoms with van der Waals surface area (Å²) in [6, 6.07) is 5.33. The zero-order valence-electron chi connectivity index (χ0n) is 17.6. The van der Waals surface area contributed by atoms with Crippen LogP contribution in [0.4, 0.5) is 5.69 Å². The molecule has 5 rings (SSSR count). The molecule has 4 heterocycles. The van der Waals surface area contributed by atoms with E-state index in [2.05, 4.69) is 30.6 Å². The van der Waals surface area contributed by atoms with Gasteiger partial charge in [0.25, 0.3) is 5.91 Å². The molecular formula is C22H19ClN8O2. The van der Waals surface area contributed by atoms with Gasteiger partial charge in [-0.05, 0) is 30.2 Å². The van der Waals surface area contributed by atoms with Crippen LogP contribution in [0.2, 0.25) is 5.02 Å². The number of H-pyrrole nitrogens is 1. The lowest BCUT2D eigenvalue weighted by Gasteiger charge is -2.16. The van der Waals surface area contributed by atoms with Gasteiger partial charge in [0.05, 0.1) is 37.2 Å². The molecule has 10 nitrogen and oxygen atoms in total. The van der Waals surface area contributed by atoms with Gasteiger partial charge < -0.3 is 14.6 Å². The Kier molecular flexibility index (Phi) is 5.49. The predicted octanol–water partition coefficient (Wildman–Crippen LogP) is 3.47. The number of halogens is 1. The van der Waals surface area contributed by atoms with E-state index < -0.39 is 0 Å². The lowest BCUT2D eigenvalue weighted by molar-refractivity contribution is 0.102. The molecule has 1 amide bonds. The van der Waals surface area contributed by atoms with Crippen molar-refractivity contribution in [3.8, 4) is 17.0 Å². The van der Waals surface area contributed by atoms with E-state index in [0.717, 1.165) is 11.1 Å². The Morgan fingerprint density at radius 2 is 2.15 bits per heavy atom. The lowest BCUT2D eigenvalue weighted by atomic mass is 9.99. The first kappa shape index (κ1) is 20.7. The number of carbonyl (C=O) groups excluding carboxylic acids is 1. The molecule has 0 saturated carbocycles. The maximum absolute atomic E-state index is 13.0. The standard InChI is InChI=1S/C22H19ClN8O2/c1-33-18-4-3-16(23)14(5-9-30-10-7-24-13-30)19(18)20-17(12-26-29-20)28-22(32)15-11-27-31-8-2-6-25-21(15)31/h2-4,6-8,10-13H,5,9H2,1H3,(H,26,29)(H,28,32). The maximum atomic E-state index is 13.0. The highest BCUT2D eigenvalue weighted by molar-refractivity contribution is 6.32. The van der Waals surface area contributed by atoms with Crippen molar-refractivity contribution in [1.82, 2.24) is 34.3 Å². The summed E-state index contributed by atoms with van der Waals surface area (Å²) >= 11 is 6.60. The fourth-order valence-electron chi connectivity index (χ4n) is 3.70. The Bertz CT molecular complexity index is 1420. The summed E-state index contributed by atoms with van der Waals surface area (Å²) in [7, 11) is 1.59. The first-order valence-corrected chi connectivity index (χ1v) is 10.5. The van der Waals surface area contributed by atoms with E-state index in [4.69, 9.17) is 16.3 Å². The number of anilines is 1. The summed E-state index contributed by atoms with van der Waals surface area (Å²) < 4.78 is 9.14. The third-order valence-corrected chi connectivity index (χ3v) is 5.63. The van der Waals surface area contributed by atoms with Gasteiger partial charge in [-0.2, -0.15) is 10.2 Å². The Morgan fingerprint density at radius 1 is 1.24 bits per heavy atom. The molecule has 0 spiro atoms. The van der Waals surface area contributed by atoms with Gasteiger partial charge in [0, 0.05) is 41.9 Å². The van der Waals surface area contributed by atoms with Crippen molar-refractivity contribution in [2.75, 3.05) is 12.4 Å². The smallest absolute Gasteiger partial charge is 0.261 e. The van der Waals surface area contributed by atoms with Crippen molar-refractivity contribution in [2.45, 2.75) is 13.0 Å². The average Bonchev–Trinajstić information content (AvgIpc) is 3.59. The van der Waals surface area contributed by atoms with Crippen LogP contribution in [0.1, 0.15) is 15.9 Å². The predicted molar refractivity (Wildman–Crippen MR) is 122 cm³/mol. The van der Waals surface area contributed by atoms with Crippen LogP contribution < -0.4 is 10.1 Å². The van der Waals surface area contributed by atoms with Crippen LogP contribution in [0.25, 0.3) is 16.9 Å². The molecule has 0 saturated heterocycles. The van der Waals surface area contributed by atoms with Gasteiger partial charge in [0.2, 0.25) is 0 Å². The molecule has 5 aromatic rings. The van der Waals surface area contributed by atoms with Crippen molar-refractivity contribution < 1.29 is 9.53 Å². The SMILES string of the molecule is COc1ccc(Cl)c(CCn2ccnc2)c1-c1[nH]ncc1NC(=O)c1cnn2cccnc12. The summed E-state index contributed by atoms with van der Waals surface area (Å²) in [6.07, 6.45) is 12.4. The molecule has 0 aliphatic rings. The van der Waals surface area contributed by atoms with E-state index in [0.29, 0.717) is 46.3 Å². The second kappa shape index (κ2) is 8.75. The molecule has 0 aliphatic carbocycles. The molecule has 11 heteroatoms. The fourth-order valence-corrected chi connectivity index (χ4v) is 3.95. The Balaban J connectivity index is 1.51. The van der Waals surface area contributed by atoms with Gasteiger partial charge in [-0.3, -0.25) is 9.89 Å². The Morgan fingerprint density at radius 3 is 2.97 bits per heavy atom. The van der Waals surface area contributed by atoms with Crippen LogP contribution >= 0.6 is 11.6 Å². The van der Waals surface area contributed by atoms with Gasteiger partial charge in [-0.1, -0.05) is 11.6 Å². The molecule has 0 atom stereocenters. The quantitative estimate of drug-likeness (QED) is 0.382. The first-order valence-electron chi connectivity index (χ1n) is 10.1. The van der Waals surface area contributed by atoms with E-state index in [1.54, 1.807) is 60.9 Å². The number of aryl methyl sites for hydroxylation is 1. The minimum absolute atomic E-state index is 0.348. The van der Waals surface area contributed by atoms with Gasteiger partial charge >= 0.3 is 0 Å². The van der Waals surface area contributed by atoms with Crippen molar-refractivity contribution >= 4 is 28.8 Å². The Hall–Kier alpha value is -4.18. The van der Waals surface area contributed by atoms with Crippen LogP contribution in [0.3, 0.4) is 0 Å². The number of benzene rings is 1. The summed E-state index contributed by atoms with van der Waals surface area (Å²) in [5.74, 6) is 0.254. The van der Waals surface area contributed by atoms with E-state index in [1.807, 2.05) is 10.8 Å². The van der Waals surface area contributed by atoms with Crippen LogP contribution in [-0.4, -0.2) is 47.4 Å². The van der Waals surface area contributed by atoms with E-state index in [1.165, 1.54) is 6.20 Å². The minimum atomic E-state index is -0.354. The van der Waals surface area contributed by atoms with Gasteiger partial charge in [-0.25, -0.2) is 14.5 Å². The van der Waals surface area contributed by atoms with E-state index in [9.17, 15) is 4.79 Å². The number of nitrogens with zero attached hydrogens (tertiary/aromatic N) is 6. The van der Waals surface area contributed by atoms with E-state index >= 15 is 0 Å². The number of rotatable bonds is 7. The molecule has 2 N–H and O–H groups in total. The number of ether oxygens (including phenoxy) is 1. The molecule has 0 fully saturated rings. The normalized spacial score (nSPS) is 11.1. The highest BCUT2D eigenvalue weighted by Gasteiger charge is 2.22. The van der Waals surface area contributed by atoms with E-state index in [-0.39, 0.29) is 5.91 Å². The summed E-state index contributed by atoms with van der Waals surface area (Å²) in [6.45, 7) is 0.670. The number of imidazole rings is 1. The number of hydrogen-bond donors (Lipinski definition) is 2. The third kappa shape index (κ3) is 3.92. The van der Waals surface area contributed by atoms with Gasteiger partial charge in [-0.15, -0.1) is 0 Å². The molecule has 1 aromatic carbocycles. The van der Waals surface area contributed by atoms with Gasteiger partial charge in [0.15, 0.2) is 5.65 Å². The first-order chi connectivity index (χ1) is 16.2. The summed E-state index contributed by atoms with van der Waals surface area (Å²) in [5.41, 5.74) is 3.48. The maximum Gasteiger partial charge on any atom is 0.261 e. The van der Waals surface area contributed by atoms with Crippen molar-refractivity contribution in [2.24, 2.45) is 0 Å². The second-order valence-corrected chi connectivity index (χ2v) is 7.62. The zero-order valence-corrected chi connectivity index (χ0v) is 18.3. The number of hydrogen-bond acceptors (Lipinski definition) is 6. The highest BCUT2D eigenvalue weighted by atomic mass is 35.5. The van der Waals surface area contributed by atoms with Crippen LogP contribution in [0.5, 0.6) is 5.75 Å². The van der Waals surface area contributed by atoms with Crippen LogP contribution in [0.15, 0.2) is 61.7 Å². The van der Waals surface area contributed by atoms with Gasteiger partial charge in [0.1, 0.15) is 11.3 Å². The number of aromatic amines is 1. The highest BCUT2D eigenvalue weighted by Crippen LogP contribution is 2.40. The number of fused-ring (bicyclic) bond motifs is 1. The largest absolute Gasteiger partial charge is 0.496 e. The number of methoxy groups -OCH3 is 1. The molecule has 0 radical (unpaired) electrons. The molecule has 33 heavy (non-hydrogen) atoms. The molecule has 166 valence electrons. The zero-order chi connectivity index (χ0) is 22.8. The fraction of sp³-hybridized carbons (Fsp3) is 0.136. The van der Waals surface area contributed by atoms with Crippen LogP contribution in [-0.2, 0) is 13.0 Å². The molecule has 0 aliphatic heterocycles.